The van der Waals surface area contributed by atoms with Gasteiger partial charge < -0.3 is 0 Å². The van der Waals surface area contributed by atoms with E-state index in [-0.39, 0.29) is 18.2 Å². The number of para-hydroxylation sites is 1. The molecule has 14 heteroatoms. The van der Waals surface area contributed by atoms with Crippen molar-refractivity contribution in [2.75, 3.05) is 0 Å². The molecule has 7 rings (SSSR count). The van der Waals surface area contributed by atoms with E-state index in [4.69, 9.17) is 21.7 Å². The lowest BCUT2D eigenvalue weighted by Crippen LogP contribution is -2.14. The maximum Gasteiger partial charge on any atom is 0.416 e. The molecule has 0 fully saturated rings. The summed E-state index contributed by atoms with van der Waals surface area (Å²) in [6.45, 7) is 3.58. The highest BCUT2D eigenvalue weighted by atomic mass is 35.5. The molecule has 0 radical (unpaired) electrons. The molecule has 2 aromatic carbocycles. The van der Waals surface area contributed by atoms with Crippen LogP contribution >= 0.6 is 22.9 Å². The normalized spacial score (nSPS) is 15.0. The number of hydrogen-bond donors (Lipinski definition) is 0. The van der Waals surface area contributed by atoms with Crippen molar-refractivity contribution in [2.45, 2.75) is 51.9 Å². The molecule has 0 bridgehead atoms. The van der Waals surface area contributed by atoms with E-state index in [1.54, 1.807) is 13.1 Å². The molecule has 46 heavy (non-hydrogen) atoms. The van der Waals surface area contributed by atoms with Gasteiger partial charge in [0, 0.05) is 22.2 Å². The van der Waals surface area contributed by atoms with Gasteiger partial charge in [-0.2, -0.15) is 36.5 Å². The first-order valence-electron chi connectivity index (χ1n) is 14.2. The lowest BCUT2D eigenvalue weighted by Gasteiger charge is -2.18. The summed E-state index contributed by atoms with van der Waals surface area (Å²) in [4.78, 5) is 10.6. The number of aromatic nitrogens is 5. The fourth-order valence-corrected chi connectivity index (χ4v) is 7.33. The maximum absolute atomic E-state index is 13.5. The molecule has 3 heterocycles. The fourth-order valence-electron chi connectivity index (χ4n) is 6.03. The second-order valence-corrected chi connectivity index (χ2v) is 12.5. The summed E-state index contributed by atoms with van der Waals surface area (Å²) in [6.07, 6.45) is -6.09. The molecular weight excluding hydrogens is 650 g/mol. The third-order valence-corrected chi connectivity index (χ3v) is 9.56. The van der Waals surface area contributed by atoms with Crippen LogP contribution in [-0.2, 0) is 31.6 Å². The van der Waals surface area contributed by atoms with E-state index in [0.717, 1.165) is 50.7 Å². The predicted octanol–water partition coefficient (Wildman–Crippen LogP) is 9.23. The number of rotatable bonds is 4. The number of nitrogens with zero attached hydrogens (tertiary/aromatic N) is 6. The van der Waals surface area contributed by atoms with E-state index >= 15 is 0 Å². The van der Waals surface area contributed by atoms with Crippen LogP contribution in [-0.4, -0.2) is 30.8 Å². The van der Waals surface area contributed by atoms with Crippen LogP contribution < -0.4 is 0 Å². The third-order valence-electron chi connectivity index (χ3n) is 8.10. The third kappa shape index (κ3) is 5.24. The number of halogens is 7. The van der Waals surface area contributed by atoms with Crippen LogP contribution in [0.1, 0.15) is 50.8 Å². The Balaban J connectivity index is 1.22. The molecule has 0 saturated heterocycles. The van der Waals surface area contributed by atoms with Crippen molar-refractivity contribution in [3.05, 3.63) is 98.4 Å². The molecule has 2 aliphatic rings. The summed E-state index contributed by atoms with van der Waals surface area (Å²) in [6, 6.07) is 11.3. The van der Waals surface area contributed by atoms with Crippen molar-refractivity contribution in [3.8, 4) is 22.6 Å². The van der Waals surface area contributed by atoms with E-state index in [0.29, 0.717) is 51.2 Å². The van der Waals surface area contributed by atoms with E-state index < -0.39 is 23.5 Å². The Labute approximate surface area is 267 Å². The molecule has 5 aromatic rings. The highest BCUT2D eigenvalue weighted by Crippen LogP contribution is 2.43. The highest BCUT2D eigenvalue weighted by molar-refractivity contribution is 7.15. The molecule has 6 nitrogen and oxygen atoms in total. The zero-order valence-corrected chi connectivity index (χ0v) is 25.8. The standard InChI is InChI=1S/C32H23ClF6N6S/c1-16-26-23(45(42-16)22-13-19(31(34,35)36)12-20(14-22)32(37,38)39)9-8-18(28(26)33)15-40-30-41-29-25(46-30)11-10-24-27(29)17(2)43-44(24)21-6-4-3-5-7-21/h3-7,12-15H,8-11H2,1-2H3/b40-15+. The van der Waals surface area contributed by atoms with E-state index in [9.17, 15) is 26.3 Å². The van der Waals surface area contributed by atoms with Gasteiger partial charge in [0.1, 0.15) is 0 Å². The number of alkyl halides is 6. The first-order valence-corrected chi connectivity index (χ1v) is 15.4. The van der Waals surface area contributed by atoms with Gasteiger partial charge in [-0.3, -0.25) is 0 Å². The summed E-state index contributed by atoms with van der Waals surface area (Å²) in [7, 11) is 0. The molecular formula is C32H23ClF6N6S. The quantitative estimate of drug-likeness (QED) is 0.141. The van der Waals surface area contributed by atoms with Crippen molar-refractivity contribution in [2.24, 2.45) is 4.99 Å². The topological polar surface area (TPSA) is 60.9 Å². The van der Waals surface area contributed by atoms with Gasteiger partial charge in [0.05, 0.1) is 56.0 Å². The molecule has 3 aromatic heterocycles. The molecule has 236 valence electrons. The minimum Gasteiger partial charge on any atom is -0.237 e. The van der Waals surface area contributed by atoms with Crippen LogP contribution in [0, 0.1) is 13.8 Å². The van der Waals surface area contributed by atoms with Gasteiger partial charge in [-0.15, -0.1) is 0 Å². The largest absolute Gasteiger partial charge is 0.416 e. The van der Waals surface area contributed by atoms with Gasteiger partial charge in [-0.25, -0.2) is 19.3 Å². The van der Waals surface area contributed by atoms with E-state index in [2.05, 4.69) is 10.1 Å². The Kier molecular flexibility index (Phi) is 7.24. The molecule has 0 aliphatic heterocycles. The number of benzene rings is 2. The SMILES string of the molecule is Cc1nn(-c2cc(C(F)(F)F)cc(C(F)(F)F)c2)c2c1C(Cl)=C(/C=N/c1nc3c(s1)CCc1c-3c(C)nn1-c1ccccc1)CC2. The maximum atomic E-state index is 13.5. The fraction of sp³-hybridized carbons (Fsp3) is 0.250. The first kappa shape index (κ1) is 30.4. The summed E-state index contributed by atoms with van der Waals surface area (Å²) in [5.41, 5.74) is 3.59. The molecule has 0 N–H and O–H groups in total. The summed E-state index contributed by atoms with van der Waals surface area (Å²) < 4.78 is 84.2. The number of allylic oxidation sites excluding steroid dienone is 1. The zero-order valence-electron chi connectivity index (χ0n) is 24.3. The molecule has 2 aliphatic carbocycles. The number of fused-ring (bicyclic) bond motifs is 4. The highest BCUT2D eigenvalue weighted by Gasteiger charge is 2.38. The lowest BCUT2D eigenvalue weighted by molar-refractivity contribution is -0.143. The monoisotopic (exact) mass is 672 g/mol. The van der Waals surface area contributed by atoms with E-state index in [1.807, 2.05) is 41.9 Å². The minimum atomic E-state index is -4.98. The van der Waals surface area contributed by atoms with Crippen molar-refractivity contribution in [3.63, 3.8) is 0 Å². The van der Waals surface area contributed by atoms with Crippen LogP contribution in [0.15, 0.2) is 59.1 Å². The second kappa shape index (κ2) is 10.9. The molecule has 0 spiro atoms. The van der Waals surface area contributed by atoms with Gasteiger partial charge in [0.2, 0.25) is 5.13 Å². The molecule has 0 amide bonds. The van der Waals surface area contributed by atoms with E-state index in [1.165, 1.54) is 11.3 Å². The Hall–Kier alpha value is -4.23. The lowest BCUT2D eigenvalue weighted by atomic mass is 9.96. The summed E-state index contributed by atoms with van der Waals surface area (Å²) >= 11 is 8.28. The number of hydrogen-bond acceptors (Lipinski definition) is 5. The number of thiazole rings is 1. The van der Waals surface area contributed by atoms with Crippen molar-refractivity contribution >= 4 is 39.3 Å². The van der Waals surface area contributed by atoms with Crippen LogP contribution in [0.3, 0.4) is 0 Å². The van der Waals surface area contributed by atoms with Crippen LogP contribution in [0.4, 0.5) is 31.5 Å². The second-order valence-electron chi connectivity index (χ2n) is 11.1. The van der Waals surface area contributed by atoms with Crippen molar-refractivity contribution < 1.29 is 26.3 Å². The molecule has 0 saturated carbocycles. The number of aryl methyl sites for hydroxylation is 3. The van der Waals surface area contributed by atoms with Gasteiger partial charge in [-0.1, -0.05) is 41.1 Å². The summed E-state index contributed by atoms with van der Waals surface area (Å²) in [5, 5.41) is 9.93. The average Bonchev–Trinajstić information content (AvgIpc) is 3.69. The van der Waals surface area contributed by atoms with Crippen LogP contribution in [0.2, 0.25) is 0 Å². The minimum absolute atomic E-state index is 0.0989. The zero-order chi connectivity index (χ0) is 32.5. The first-order chi connectivity index (χ1) is 21.8. The van der Waals surface area contributed by atoms with Crippen molar-refractivity contribution in [1.29, 1.82) is 0 Å². The Morgan fingerprint density at radius 2 is 1.37 bits per heavy atom. The Bertz CT molecular complexity index is 2030. The predicted molar refractivity (Wildman–Crippen MR) is 164 cm³/mol. The smallest absolute Gasteiger partial charge is 0.237 e. The van der Waals surface area contributed by atoms with Crippen LogP contribution in [0.5, 0.6) is 0 Å². The van der Waals surface area contributed by atoms with Crippen LogP contribution in [0.25, 0.3) is 27.7 Å². The van der Waals surface area contributed by atoms with Gasteiger partial charge in [-0.05, 0) is 75.4 Å². The Morgan fingerprint density at radius 1 is 0.783 bits per heavy atom. The number of aliphatic imine (C=N–C) groups is 1. The van der Waals surface area contributed by atoms with Crippen molar-refractivity contribution in [1.82, 2.24) is 24.5 Å². The van der Waals surface area contributed by atoms with Gasteiger partial charge >= 0.3 is 12.4 Å². The Morgan fingerprint density at radius 3 is 2.02 bits per heavy atom. The molecule has 0 unspecified atom stereocenters. The van der Waals surface area contributed by atoms with Gasteiger partial charge in [0.25, 0.3) is 0 Å². The average molecular weight is 673 g/mol. The van der Waals surface area contributed by atoms with Gasteiger partial charge in [0.15, 0.2) is 0 Å². The summed E-state index contributed by atoms with van der Waals surface area (Å²) in [5.74, 6) is 0. The molecule has 0 atom stereocenters.